The van der Waals surface area contributed by atoms with Gasteiger partial charge in [-0.25, -0.2) is 4.79 Å². The van der Waals surface area contributed by atoms with Crippen LogP contribution in [0.5, 0.6) is 0 Å². The second-order valence-corrected chi connectivity index (χ2v) is 4.79. The first kappa shape index (κ1) is 15.5. The van der Waals surface area contributed by atoms with Gasteiger partial charge >= 0.3 is 5.97 Å². The average molecular weight is 284 g/mol. The molecule has 0 aliphatic carbocycles. The van der Waals surface area contributed by atoms with E-state index >= 15 is 0 Å². The van der Waals surface area contributed by atoms with Crippen molar-refractivity contribution in [1.29, 1.82) is 0 Å². The summed E-state index contributed by atoms with van der Waals surface area (Å²) in [4.78, 5) is 22.7. The Labute approximate surface area is 117 Å². The van der Waals surface area contributed by atoms with Crippen LogP contribution < -0.4 is 5.32 Å². The number of halogens is 1. The van der Waals surface area contributed by atoms with Crippen molar-refractivity contribution in [2.45, 2.75) is 39.0 Å². The topological polar surface area (TPSA) is 66.4 Å². The van der Waals surface area contributed by atoms with E-state index in [1.807, 2.05) is 0 Å². The minimum absolute atomic E-state index is 0.00871. The number of unbranched alkanes of at least 4 members (excludes halogenated alkanes) is 3. The molecule has 1 rings (SSSR count). The van der Waals surface area contributed by atoms with E-state index in [2.05, 4.69) is 12.2 Å². The lowest BCUT2D eigenvalue weighted by atomic mass is 10.1. The maximum atomic E-state index is 11.7. The zero-order valence-electron chi connectivity index (χ0n) is 10.9. The summed E-state index contributed by atoms with van der Waals surface area (Å²) in [6.07, 6.45) is 4.45. The van der Waals surface area contributed by atoms with Gasteiger partial charge in [0.15, 0.2) is 0 Å². The van der Waals surface area contributed by atoms with Crippen LogP contribution in [0.2, 0.25) is 5.02 Å². The Morgan fingerprint density at radius 2 is 2.00 bits per heavy atom. The molecule has 0 saturated heterocycles. The van der Waals surface area contributed by atoms with E-state index in [1.54, 1.807) is 6.07 Å². The molecule has 104 valence electrons. The van der Waals surface area contributed by atoms with E-state index in [0.29, 0.717) is 11.4 Å². The third kappa shape index (κ3) is 5.30. The molecular formula is C14H18ClNO3. The Morgan fingerprint density at radius 3 is 2.63 bits per heavy atom. The van der Waals surface area contributed by atoms with Crippen LogP contribution in [0, 0.1) is 0 Å². The molecule has 1 aromatic rings. The van der Waals surface area contributed by atoms with Crippen LogP contribution in [0.3, 0.4) is 0 Å². The molecule has 0 aliphatic heterocycles. The van der Waals surface area contributed by atoms with Crippen LogP contribution in [-0.2, 0) is 4.79 Å². The van der Waals surface area contributed by atoms with Gasteiger partial charge in [-0.1, -0.05) is 37.8 Å². The summed E-state index contributed by atoms with van der Waals surface area (Å²) in [5.41, 5.74) is 0.298. The molecule has 0 spiro atoms. The third-order valence-electron chi connectivity index (χ3n) is 2.74. The largest absolute Gasteiger partial charge is 0.478 e. The summed E-state index contributed by atoms with van der Waals surface area (Å²) < 4.78 is 0. The standard InChI is InChI=1S/C14H18ClNO3/c1-2-3-4-5-6-13(17)16-12-8-7-10(15)9-11(12)14(18)19/h7-9H,2-6H2,1H3,(H,16,17)(H,18,19). The van der Waals surface area contributed by atoms with Gasteiger partial charge in [0.05, 0.1) is 11.3 Å². The fourth-order valence-corrected chi connectivity index (χ4v) is 1.90. The summed E-state index contributed by atoms with van der Waals surface area (Å²) in [6, 6.07) is 4.40. The normalized spacial score (nSPS) is 10.2. The molecule has 0 fully saturated rings. The maximum absolute atomic E-state index is 11.7. The molecule has 1 amide bonds. The Bertz CT molecular complexity index is 460. The highest BCUT2D eigenvalue weighted by atomic mass is 35.5. The third-order valence-corrected chi connectivity index (χ3v) is 2.98. The molecule has 0 saturated carbocycles. The van der Waals surface area contributed by atoms with Gasteiger partial charge in [0.1, 0.15) is 0 Å². The van der Waals surface area contributed by atoms with Gasteiger partial charge in [0, 0.05) is 11.4 Å². The molecule has 0 heterocycles. The predicted molar refractivity (Wildman–Crippen MR) is 75.8 cm³/mol. The van der Waals surface area contributed by atoms with Gasteiger partial charge < -0.3 is 10.4 Å². The number of nitrogens with one attached hydrogen (secondary N) is 1. The maximum Gasteiger partial charge on any atom is 0.337 e. The Balaban J connectivity index is 2.61. The molecule has 1 aromatic carbocycles. The monoisotopic (exact) mass is 283 g/mol. The van der Waals surface area contributed by atoms with Crippen LogP contribution in [0.1, 0.15) is 49.4 Å². The minimum atomic E-state index is -1.11. The Morgan fingerprint density at radius 1 is 1.26 bits per heavy atom. The molecule has 2 N–H and O–H groups in total. The van der Waals surface area contributed by atoms with Crippen LogP contribution in [-0.4, -0.2) is 17.0 Å². The minimum Gasteiger partial charge on any atom is -0.478 e. The van der Waals surface area contributed by atoms with Crippen LogP contribution in [0.15, 0.2) is 18.2 Å². The van der Waals surface area contributed by atoms with Gasteiger partial charge in [-0.05, 0) is 24.6 Å². The van der Waals surface area contributed by atoms with Crippen molar-refractivity contribution in [2.75, 3.05) is 5.32 Å². The van der Waals surface area contributed by atoms with Crippen LogP contribution >= 0.6 is 11.6 Å². The molecule has 4 nitrogen and oxygen atoms in total. The molecular weight excluding hydrogens is 266 g/mol. The fourth-order valence-electron chi connectivity index (χ4n) is 1.73. The van der Waals surface area contributed by atoms with E-state index in [9.17, 15) is 9.59 Å². The summed E-state index contributed by atoms with van der Waals surface area (Å²) >= 11 is 5.74. The van der Waals surface area contributed by atoms with Crippen LogP contribution in [0.25, 0.3) is 0 Å². The molecule has 0 bridgehead atoms. The number of hydrogen-bond acceptors (Lipinski definition) is 2. The zero-order chi connectivity index (χ0) is 14.3. The summed E-state index contributed by atoms with van der Waals surface area (Å²) in [5.74, 6) is -1.27. The number of carbonyl (C=O) groups excluding carboxylic acids is 1. The summed E-state index contributed by atoms with van der Waals surface area (Å²) in [5, 5.41) is 12.0. The number of carbonyl (C=O) groups is 2. The SMILES string of the molecule is CCCCCCC(=O)Nc1ccc(Cl)cc1C(=O)O. The predicted octanol–water partition coefficient (Wildman–Crippen LogP) is 3.95. The number of aromatic carboxylic acids is 1. The van der Waals surface area contributed by atoms with Crippen molar-refractivity contribution in [3.8, 4) is 0 Å². The van der Waals surface area contributed by atoms with Crippen molar-refractivity contribution < 1.29 is 14.7 Å². The lowest BCUT2D eigenvalue weighted by Crippen LogP contribution is -2.14. The van der Waals surface area contributed by atoms with Gasteiger partial charge in [-0.15, -0.1) is 0 Å². The van der Waals surface area contributed by atoms with Gasteiger partial charge in [0.25, 0.3) is 0 Å². The van der Waals surface area contributed by atoms with E-state index in [1.165, 1.54) is 12.1 Å². The number of amides is 1. The lowest BCUT2D eigenvalue weighted by Gasteiger charge is -2.08. The van der Waals surface area contributed by atoms with Gasteiger partial charge in [-0.2, -0.15) is 0 Å². The second kappa shape index (κ2) is 7.79. The quantitative estimate of drug-likeness (QED) is 0.745. The van der Waals surface area contributed by atoms with E-state index in [-0.39, 0.29) is 17.2 Å². The smallest absolute Gasteiger partial charge is 0.337 e. The van der Waals surface area contributed by atoms with Crippen molar-refractivity contribution in [1.82, 2.24) is 0 Å². The number of carboxylic acids is 1. The second-order valence-electron chi connectivity index (χ2n) is 4.35. The molecule has 0 aromatic heterocycles. The van der Waals surface area contributed by atoms with Crippen molar-refractivity contribution in [3.05, 3.63) is 28.8 Å². The molecule has 19 heavy (non-hydrogen) atoms. The van der Waals surface area contributed by atoms with Gasteiger partial charge in [0.2, 0.25) is 5.91 Å². The Kier molecular flexibility index (Phi) is 6.36. The van der Waals surface area contributed by atoms with Crippen molar-refractivity contribution in [2.24, 2.45) is 0 Å². The number of benzene rings is 1. The van der Waals surface area contributed by atoms with E-state index in [0.717, 1.165) is 25.7 Å². The lowest BCUT2D eigenvalue weighted by molar-refractivity contribution is -0.116. The molecule has 5 heteroatoms. The van der Waals surface area contributed by atoms with E-state index < -0.39 is 5.97 Å². The molecule has 0 unspecified atom stereocenters. The first-order valence-corrected chi connectivity index (χ1v) is 6.75. The highest BCUT2D eigenvalue weighted by molar-refractivity contribution is 6.31. The first-order valence-electron chi connectivity index (χ1n) is 6.37. The van der Waals surface area contributed by atoms with Crippen LogP contribution in [0.4, 0.5) is 5.69 Å². The Hall–Kier alpha value is -1.55. The number of hydrogen-bond donors (Lipinski definition) is 2. The van der Waals surface area contributed by atoms with Crippen molar-refractivity contribution in [3.63, 3.8) is 0 Å². The first-order chi connectivity index (χ1) is 9.04. The summed E-state index contributed by atoms with van der Waals surface area (Å²) in [7, 11) is 0. The van der Waals surface area contributed by atoms with Gasteiger partial charge in [-0.3, -0.25) is 4.79 Å². The number of anilines is 1. The fraction of sp³-hybridized carbons (Fsp3) is 0.429. The summed E-state index contributed by atoms with van der Waals surface area (Å²) in [6.45, 7) is 2.10. The molecule has 0 aliphatic rings. The highest BCUT2D eigenvalue weighted by Crippen LogP contribution is 2.21. The van der Waals surface area contributed by atoms with Crippen molar-refractivity contribution >= 4 is 29.2 Å². The average Bonchev–Trinajstić information content (AvgIpc) is 2.36. The molecule has 0 radical (unpaired) electrons. The zero-order valence-corrected chi connectivity index (χ0v) is 11.7. The highest BCUT2D eigenvalue weighted by Gasteiger charge is 2.12. The number of carboxylic acid groups (broad SMARTS) is 1. The molecule has 0 atom stereocenters. The number of rotatable bonds is 7. The van der Waals surface area contributed by atoms with E-state index in [4.69, 9.17) is 16.7 Å².